The van der Waals surface area contributed by atoms with E-state index in [1.807, 2.05) is 24.3 Å². The fraction of sp³-hybridized carbons (Fsp3) is 0.529. The van der Waals surface area contributed by atoms with Gasteiger partial charge in [0.05, 0.1) is 39.6 Å². The van der Waals surface area contributed by atoms with Gasteiger partial charge in [0.1, 0.15) is 11.9 Å². The molecule has 0 aliphatic rings. The minimum absolute atomic E-state index is 0.250. The van der Waals surface area contributed by atoms with E-state index in [1.54, 1.807) is 21.0 Å². The average molecular weight is 311 g/mol. The molecule has 0 N–H and O–H groups in total. The topological polar surface area (TPSA) is 41.5 Å². The van der Waals surface area contributed by atoms with Gasteiger partial charge in [0.15, 0.2) is 0 Å². The van der Waals surface area contributed by atoms with Crippen LogP contribution in [-0.4, -0.2) is 37.6 Å². The second-order valence-corrected chi connectivity index (χ2v) is 5.13. The molecule has 0 bridgehead atoms. The van der Waals surface area contributed by atoms with Gasteiger partial charge in [0.2, 0.25) is 0 Å². The van der Waals surface area contributed by atoms with E-state index in [1.165, 1.54) is 12.3 Å². The van der Waals surface area contributed by atoms with Crippen molar-refractivity contribution < 1.29 is 18.5 Å². The maximum atomic E-state index is 13.7. The van der Waals surface area contributed by atoms with Gasteiger partial charge in [-0.3, -0.25) is 0 Å². The van der Waals surface area contributed by atoms with Crippen molar-refractivity contribution in [2.75, 3.05) is 26.8 Å². The van der Waals surface area contributed by atoms with Crippen molar-refractivity contribution in [2.24, 2.45) is 0 Å². The average Bonchev–Trinajstić information content (AvgIpc) is 2.57. The molecule has 0 radical (unpaired) electrons. The summed E-state index contributed by atoms with van der Waals surface area (Å²) in [6.07, 6.45) is 1.84. The maximum Gasteiger partial charge on any atom is 0.126 e. The fourth-order valence-electron chi connectivity index (χ4n) is 1.89. The molecule has 0 aromatic heterocycles. The van der Waals surface area contributed by atoms with Gasteiger partial charge in [0, 0.05) is 12.5 Å². The second kappa shape index (κ2) is 9.56. The molecule has 1 rings (SSSR count). The lowest BCUT2D eigenvalue weighted by molar-refractivity contribution is -0.825. The smallest absolute Gasteiger partial charge is 0.126 e. The van der Waals surface area contributed by atoms with E-state index in [0.29, 0.717) is 26.3 Å². The molecule has 0 spiro atoms. The molecular formula is C17H26FNO3. The molecule has 4 nitrogen and oxygen atoms in total. The van der Waals surface area contributed by atoms with Gasteiger partial charge in [-0.2, -0.15) is 0 Å². The van der Waals surface area contributed by atoms with E-state index in [9.17, 15) is 9.60 Å². The highest BCUT2D eigenvalue weighted by atomic mass is 19.1. The molecule has 0 heterocycles. The Kier molecular flexibility index (Phi) is 8.09. The van der Waals surface area contributed by atoms with Crippen LogP contribution in [0.15, 0.2) is 36.5 Å². The van der Waals surface area contributed by atoms with Crippen LogP contribution < -0.4 is 4.74 Å². The summed E-state index contributed by atoms with van der Waals surface area (Å²) in [5.74, 6) is 0.795. The Hall–Kier alpha value is -1.43. The largest absolute Gasteiger partial charge is 0.628 e. The lowest BCUT2D eigenvalue weighted by atomic mass is 10.2. The summed E-state index contributed by atoms with van der Waals surface area (Å²) in [6.45, 7) is 5.17. The summed E-state index contributed by atoms with van der Waals surface area (Å²) in [4.78, 5) is 0. The van der Waals surface area contributed by atoms with Crippen LogP contribution in [0.2, 0.25) is 0 Å². The van der Waals surface area contributed by atoms with Gasteiger partial charge in [-0.15, -0.1) is 0 Å². The van der Waals surface area contributed by atoms with E-state index >= 15 is 0 Å². The SMILES string of the molecule is CC[N+]([O-])(/C=C/C(F)CCOCc1ccc(OC)cc1)CC. The van der Waals surface area contributed by atoms with Crippen molar-refractivity contribution in [2.45, 2.75) is 33.0 Å². The molecule has 1 aromatic carbocycles. The number of hydrogen-bond donors (Lipinski definition) is 0. The summed E-state index contributed by atoms with van der Waals surface area (Å²) in [5, 5.41) is 12.0. The number of ether oxygens (including phenoxy) is 2. The van der Waals surface area contributed by atoms with Crippen molar-refractivity contribution >= 4 is 0 Å². The highest BCUT2D eigenvalue weighted by molar-refractivity contribution is 5.26. The summed E-state index contributed by atoms with van der Waals surface area (Å²) in [6, 6.07) is 7.55. The van der Waals surface area contributed by atoms with E-state index in [2.05, 4.69) is 0 Å². The Balaban J connectivity index is 2.27. The molecule has 22 heavy (non-hydrogen) atoms. The van der Waals surface area contributed by atoms with Crippen LogP contribution in [0.1, 0.15) is 25.8 Å². The molecule has 1 unspecified atom stereocenters. The Morgan fingerprint density at radius 3 is 2.41 bits per heavy atom. The molecule has 1 aromatic rings. The van der Waals surface area contributed by atoms with Crippen molar-refractivity contribution in [3.8, 4) is 5.75 Å². The van der Waals surface area contributed by atoms with Crippen LogP contribution in [-0.2, 0) is 11.3 Å². The van der Waals surface area contributed by atoms with Crippen LogP contribution in [0.25, 0.3) is 0 Å². The number of nitrogens with zero attached hydrogens (tertiary/aromatic N) is 1. The molecule has 0 saturated heterocycles. The monoisotopic (exact) mass is 311 g/mol. The molecule has 0 amide bonds. The molecule has 0 fully saturated rings. The van der Waals surface area contributed by atoms with Gasteiger partial charge < -0.3 is 19.3 Å². The first-order valence-corrected chi connectivity index (χ1v) is 7.65. The number of alkyl halides is 1. The first kappa shape index (κ1) is 18.6. The number of quaternary nitrogens is 1. The zero-order valence-corrected chi connectivity index (χ0v) is 13.6. The van der Waals surface area contributed by atoms with Crippen LogP contribution in [0.4, 0.5) is 4.39 Å². The van der Waals surface area contributed by atoms with Crippen LogP contribution in [0.5, 0.6) is 5.75 Å². The van der Waals surface area contributed by atoms with Gasteiger partial charge in [-0.1, -0.05) is 12.1 Å². The Morgan fingerprint density at radius 2 is 1.86 bits per heavy atom. The number of hydrogen-bond acceptors (Lipinski definition) is 3. The lowest BCUT2D eigenvalue weighted by Gasteiger charge is -2.36. The number of halogens is 1. The molecule has 1 atom stereocenters. The number of hydroxylamine groups is 3. The Morgan fingerprint density at radius 1 is 1.23 bits per heavy atom. The van der Waals surface area contributed by atoms with Crippen LogP contribution >= 0.6 is 0 Å². The normalized spacial score (nSPS) is 13.5. The molecular weight excluding hydrogens is 285 g/mol. The first-order chi connectivity index (χ1) is 10.5. The first-order valence-electron chi connectivity index (χ1n) is 7.65. The number of methoxy groups -OCH3 is 1. The standard InChI is InChI=1S/C17H26FNO3/c1-4-19(20,5-2)12-10-16(18)11-13-22-14-15-6-8-17(21-3)9-7-15/h6-10,12,16H,4-5,11,13-14H2,1-3H3/b12-10+. The fourth-order valence-corrected chi connectivity index (χ4v) is 1.89. The van der Waals surface area contributed by atoms with E-state index in [0.717, 1.165) is 11.3 Å². The van der Waals surface area contributed by atoms with Crippen molar-refractivity contribution in [3.63, 3.8) is 0 Å². The predicted molar refractivity (Wildman–Crippen MR) is 86.0 cm³/mol. The third-order valence-corrected chi connectivity index (χ3v) is 3.60. The third kappa shape index (κ3) is 6.56. The Labute approximate surface area is 132 Å². The minimum Gasteiger partial charge on any atom is -0.628 e. The minimum atomic E-state index is -1.15. The quantitative estimate of drug-likeness (QED) is 0.375. The maximum absolute atomic E-state index is 13.7. The number of benzene rings is 1. The van der Waals surface area contributed by atoms with Gasteiger partial charge in [-0.05, 0) is 31.5 Å². The zero-order chi connectivity index (χ0) is 16.4. The Bertz CT molecular complexity index is 444. The summed E-state index contributed by atoms with van der Waals surface area (Å²) >= 11 is 0. The molecule has 124 valence electrons. The van der Waals surface area contributed by atoms with Gasteiger partial charge >= 0.3 is 0 Å². The summed E-state index contributed by atoms with van der Waals surface area (Å²) in [5.41, 5.74) is 1.01. The number of rotatable bonds is 10. The van der Waals surface area contributed by atoms with Crippen LogP contribution in [0, 0.1) is 5.21 Å². The molecule has 0 aliphatic heterocycles. The van der Waals surface area contributed by atoms with E-state index < -0.39 is 10.8 Å². The summed E-state index contributed by atoms with van der Waals surface area (Å²) < 4.78 is 23.7. The number of allylic oxidation sites excluding steroid dienone is 1. The molecule has 5 heteroatoms. The summed E-state index contributed by atoms with van der Waals surface area (Å²) in [7, 11) is 1.62. The van der Waals surface area contributed by atoms with E-state index in [-0.39, 0.29) is 6.42 Å². The molecule has 0 saturated carbocycles. The van der Waals surface area contributed by atoms with Crippen molar-refractivity contribution in [1.82, 2.24) is 0 Å². The second-order valence-electron chi connectivity index (χ2n) is 5.13. The predicted octanol–water partition coefficient (Wildman–Crippen LogP) is 3.81. The van der Waals surface area contributed by atoms with Crippen molar-refractivity contribution in [1.29, 1.82) is 0 Å². The zero-order valence-electron chi connectivity index (χ0n) is 13.6. The molecule has 0 aliphatic carbocycles. The van der Waals surface area contributed by atoms with Crippen molar-refractivity contribution in [3.05, 3.63) is 47.3 Å². The third-order valence-electron chi connectivity index (χ3n) is 3.60. The highest BCUT2D eigenvalue weighted by Gasteiger charge is 2.09. The highest BCUT2D eigenvalue weighted by Crippen LogP contribution is 2.12. The van der Waals surface area contributed by atoms with Crippen LogP contribution in [0.3, 0.4) is 0 Å². The van der Waals surface area contributed by atoms with Gasteiger partial charge in [0.25, 0.3) is 0 Å². The van der Waals surface area contributed by atoms with Gasteiger partial charge in [-0.25, -0.2) is 4.39 Å². The lowest BCUT2D eigenvalue weighted by Crippen LogP contribution is -2.35. The van der Waals surface area contributed by atoms with E-state index in [4.69, 9.17) is 9.47 Å².